The van der Waals surface area contributed by atoms with Gasteiger partial charge in [0.05, 0.1) is 18.7 Å². The number of carbonyl (C=O) groups is 1. The van der Waals surface area contributed by atoms with Crippen LogP contribution in [0, 0.1) is 10.6 Å². The molecule has 6 nitrogen and oxygen atoms in total. The van der Waals surface area contributed by atoms with Crippen LogP contribution in [0.4, 0.5) is 4.39 Å². The van der Waals surface area contributed by atoms with Gasteiger partial charge < -0.3 is 19.3 Å². The first-order chi connectivity index (χ1) is 14.9. The van der Waals surface area contributed by atoms with E-state index in [0.29, 0.717) is 30.0 Å². The average Bonchev–Trinajstić information content (AvgIpc) is 3.19. The van der Waals surface area contributed by atoms with Crippen LogP contribution in [0.15, 0.2) is 48.5 Å². The normalized spacial score (nSPS) is 12.7. The molecule has 8 heteroatoms. The number of benzene rings is 2. The summed E-state index contributed by atoms with van der Waals surface area (Å²) in [6.45, 7) is 1.19. The third kappa shape index (κ3) is 3.23. The summed E-state index contributed by atoms with van der Waals surface area (Å²) in [5, 5.41) is 20.9. The molecule has 0 aliphatic carbocycles. The molecule has 0 saturated heterocycles. The van der Waals surface area contributed by atoms with Crippen LogP contribution in [0.2, 0.25) is 0 Å². The zero-order chi connectivity index (χ0) is 21.7. The molecule has 4 aromatic rings. The van der Waals surface area contributed by atoms with E-state index in [1.807, 2.05) is 16.7 Å². The number of fused-ring (bicyclic) bond motifs is 4. The number of aliphatic carboxylic acids is 1. The molecule has 0 atom stereocenters. The van der Waals surface area contributed by atoms with Gasteiger partial charge in [-0.25, -0.2) is 4.39 Å². The number of aromatic hydroxyl groups is 1. The van der Waals surface area contributed by atoms with E-state index >= 15 is 0 Å². The monoisotopic (exact) mass is 437 g/mol. The van der Waals surface area contributed by atoms with E-state index < -0.39 is 5.97 Å². The topological polar surface area (TPSA) is 72.3 Å². The van der Waals surface area contributed by atoms with Crippen LogP contribution in [0.5, 0.6) is 5.88 Å². The highest BCUT2D eigenvalue weighted by Crippen LogP contribution is 2.36. The lowest BCUT2D eigenvalue weighted by Gasteiger charge is -2.19. The summed E-state index contributed by atoms with van der Waals surface area (Å²) >= 11 is 5.57. The number of aromatic nitrogens is 3. The standard InChI is InChI=1S/C23H20FN3O3S/c24-15-7-5-14(6-8-15)12-26-18-4-2-1-3-16(18)17-11-19-22(30)25(10-9-21(28)29)23(31)27(19)13-20(17)26/h1-8,30H,9-13H2,(H,28,29). The Morgan fingerprint density at radius 3 is 2.55 bits per heavy atom. The van der Waals surface area contributed by atoms with E-state index in [1.165, 1.54) is 16.7 Å². The lowest BCUT2D eigenvalue weighted by Crippen LogP contribution is -2.17. The van der Waals surface area contributed by atoms with Crippen molar-refractivity contribution >= 4 is 29.1 Å². The fourth-order valence-electron chi connectivity index (χ4n) is 4.45. The van der Waals surface area contributed by atoms with Crippen molar-refractivity contribution in [2.75, 3.05) is 0 Å². The maximum Gasteiger partial charge on any atom is 0.305 e. The zero-order valence-corrected chi connectivity index (χ0v) is 17.4. The molecule has 31 heavy (non-hydrogen) atoms. The van der Waals surface area contributed by atoms with Gasteiger partial charge in [0.2, 0.25) is 5.88 Å². The summed E-state index contributed by atoms with van der Waals surface area (Å²) in [6.07, 6.45) is 0.389. The number of hydrogen-bond acceptors (Lipinski definition) is 3. The molecular formula is C23H20FN3O3S. The van der Waals surface area contributed by atoms with Crippen molar-refractivity contribution in [1.82, 2.24) is 13.7 Å². The fraction of sp³-hybridized carbons (Fsp3) is 0.217. The molecule has 1 aliphatic rings. The Balaban J connectivity index is 1.62. The Morgan fingerprint density at radius 2 is 1.81 bits per heavy atom. The quantitative estimate of drug-likeness (QED) is 0.402. The van der Waals surface area contributed by atoms with Crippen LogP contribution < -0.4 is 0 Å². The number of halogens is 1. The van der Waals surface area contributed by atoms with Gasteiger partial charge >= 0.3 is 5.97 Å². The number of para-hydroxylation sites is 1. The Bertz CT molecular complexity index is 1380. The SMILES string of the molecule is O=C(O)CCn1c(O)c2n(c1=S)Cc1c(c3ccccc3n1Cc1ccc(F)cc1)C2. The van der Waals surface area contributed by atoms with Gasteiger partial charge in [0.25, 0.3) is 0 Å². The van der Waals surface area contributed by atoms with Crippen LogP contribution >= 0.6 is 12.2 Å². The minimum absolute atomic E-state index is 0.0345. The lowest BCUT2D eigenvalue weighted by molar-refractivity contribution is -0.137. The maximum absolute atomic E-state index is 13.4. The molecule has 0 saturated carbocycles. The van der Waals surface area contributed by atoms with Gasteiger partial charge in [0.1, 0.15) is 5.82 Å². The highest BCUT2D eigenvalue weighted by Gasteiger charge is 2.28. The second-order valence-electron chi connectivity index (χ2n) is 7.77. The van der Waals surface area contributed by atoms with Gasteiger partial charge in [-0.2, -0.15) is 0 Å². The van der Waals surface area contributed by atoms with E-state index in [9.17, 15) is 14.3 Å². The van der Waals surface area contributed by atoms with Crippen molar-refractivity contribution in [1.29, 1.82) is 0 Å². The molecule has 0 bridgehead atoms. The molecule has 158 valence electrons. The maximum atomic E-state index is 13.4. The van der Waals surface area contributed by atoms with Gasteiger partial charge in [0.15, 0.2) is 4.77 Å². The van der Waals surface area contributed by atoms with Crippen molar-refractivity contribution in [3.8, 4) is 5.88 Å². The third-order valence-electron chi connectivity index (χ3n) is 5.95. The summed E-state index contributed by atoms with van der Waals surface area (Å²) in [7, 11) is 0. The molecule has 1 aliphatic heterocycles. The van der Waals surface area contributed by atoms with E-state index in [-0.39, 0.29) is 24.7 Å². The van der Waals surface area contributed by atoms with Crippen molar-refractivity contribution < 1.29 is 19.4 Å². The first kappa shape index (κ1) is 19.6. The van der Waals surface area contributed by atoms with Crippen LogP contribution in [0.1, 0.15) is 28.9 Å². The zero-order valence-electron chi connectivity index (χ0n) is 16.6. The van der Waals surface area contributed by atoms with E-state index in [1.54, 1.807) is 12.1 Å². The predicted molar refractivity (Wildman–Crippen MR) is 117 cm³/mol. The number of hydrogen-bond donors (Lipinski definition) is 2. The molecule has 0 unspecified atom stereocenters. The van der Waals surface area contributed by atoms with Crippen LogP contribution in [0.25, 0.3) is 10.9 Å². The lowest BCUT2D eigenvalue weighted by atomic mass is 10.0. The number of carboxylic acids is 1. The van der Waals surface area contributed by atoms with Crippen molar-refractivity contribution in [2.45, 2.75) is 32.5 Å². The minimum Gasteiger partial charge on any atom is -0.493 e. The molecule has 0 amide bonds. The highest BCUT2D eigenvalue weighted by atomic mass is 32.1. The van der Waals surface area contributed by atoms with Crippen LogP contribution in [-0.2, 0) is 30.8 Å². The van der Waals surface area contributed by atoms with Gasteiger partial charge in [0, 0.05) is 36.1 Å². The average molecular weight is 437 g/mol. The van der Waals surface area contributed by atoms with Gasteiger partial charge in [-0.1, -0.05) is 30.3 Å². The van der Waals surface area contributed by atoms with Gasteiger partial charge in [-0.15, -0.1) is 0 Å². The first-order valence-corrected chi connectivity index (χ1v) is 10.4. The Labute approximate surface area is 182 Å². The summed E-state index contributed by atoms with van der Waals surface area (Å²) in [5.74, 6) is -1.17. The van der Waals surface area contributed by atoms with Crippen LogP contribution in [-0.4, -0.2) is 29.9 Å². The Hall–Kier alpha value is -3.39. The number of nitrogens with zero attached hydrogens (tertiary/aromatic N) is 3. The summed E-state index contributed by atoms with van der Waals surface area (Å²) in [4.78, 5) is 11.0. The third-order valence-corrected chi connectivity index (χ3v) is 6.39. The fourth-order valence-corrected chi connectivity index (χ4v) is 4.80. The van der Waals surface area contributed by atoms with Crippen molar-refractivity contribution in [3.63, 3.8) is 0 Å². The van der Waals surface area contributed by atoms with Crippen LogP contribution in [0.3, 0.4) is 0 Å². The Morgan fingerprint density at radius 1 is 1.06 bits per heavy atom. The van der Waals surface area contributed by atoms with Crippen molar-refractivity contribution in [2.24, 2.45) is 0 Å². The van der Waals surface area contributed by atoms with E-state index in [4.69, 9.17) is 17.3 Å². The molecule has 5 rings (SSSR count). The second kappa shape index (κ2) is 7.39. The molecule has 2 aromatic heterocycles. The second-order valence-corrected chi connectivity index (χ2v) is 8.13. The molecule has 0 radical (unpaired) electrons. The van der Waals surface area contributed by atoms with Gasteiger partial charge in [-0.05, 0) is 41.5 Å². The largest absolute Gasteiger partial charge is 0.493 e. The first-order valence-electron chi connectivity index (χ1n) is 10.0. The smallest absolute Gasteiger partial charge is 0.305 e. The van der Waals surface area contributed by atoms with Crippen molar-refractivity contribution in [3.05, 3.63) is 81.6 Å². The number of imidazole rings is 1. The number of rotatable bonds is 5. The Kier molecular flexibility index (Phi) is 4.66. The molecule has 2 N–H and O–H groups in total. The molecule has 0 spiro atoms. The minimum atomic E-state index is -0.939. The molecular weight excluding hydrogens is 417 g/mol. The van der Waals surface area contributed by atoms with E-state index in [0.717, 1.165) is 27.7 Å². The number of carboxylic acid groups (broad SMARTS) is 1. The molecule has 3 heterocycles. The summed E-state index contributed by atoms with van der Waals surface area (Å²) in [5.41, 5.74) is 4.98. The van der Waals surface area contributed by atoms with E-state index in [2.05, 4.69) is 16.7 Å². The molecule has 0 fully saturated rings. The summed E-state index contributed by atoms with van der Waals surface area (Å²) < 4.78 is 19.4. The molecule has 2 aromatic carbocycles. The summed E-state index contributed by atoms with van der Waals surface area (Å²) in [6, 6.07) is 14.6. The predicted octanol–water partition coefficient (Wildman–Crippen LogP) is 4.29. The van der Waals surface area contributed by atoms with Gasteiger partial charge in [-0.3, -0.25) is 9.36 Å². The highest BCUT2D eigenvalue weighted by molar-refractivity contribution is 7.71.